The van der Waals surface area contributed by atoms with Crippen LogP contribution in [0.3, 0.4) is 0 Å². The second-order valence-electron chi connectivity index (χ2n) is 2.89. The average Bonchev–Trinajstić information content (AvgIpc) is 2.58. The summed E-state index contributed by atoms with van der Waals surface area (Å²) in [5, 5.41) is 11.5. The zero-order valence-electron chi connectivity index (χ0n) is 8.79. The lowest BCUT2D eigenvalue weighted by atomic mass is 10.3. The first-order valence-electron chi connectivity index (χ1n) is 4.60. The van der Waals surface area contributed by atoms with Gasteiger partial charge in [-0.25, -0.2) is 4.79 Å². The Balaban J connectivity index is 0.000000325. The standard InChI is InChI=1S/C5H5FN2O2.C4H8F2/c1-3-4(5(9)10)2-7-8(3)6;5-3-1-2-4-6/h2H,1H3,(H,9,10);1-4H2. The van der Waals surface area contributed by atoms with E-state index in [0.717, 1.165) is 6.20 Å². The lowest BCUT2D eigenvalue weighted by molar-refractivity contribution is 0.0695. The van der Waals surface area contributed by atoms with Gasteiger partial charge in [0, 0.05) is 0 Å². The van der Waals surface area contributed by atoms with E-state index in [1.54, 1.807) is 0 Å². The van der Waals surface area contributed by atoms with E-state index in [9.17, 15) is 18.1 Å². The minimum Gasteiger partial charge on any atom is -0.478 e. The normalized spacial score (nSPS) is 9.50. The van der Waals surface area contributed by atoms with Gasteiger partial charge in [0.15, 0.2) is 0 Å². The van der Waals surface area contributed by atoms with Crippen molar-refractivity contribution in [2.24, 2.45) is 0 Å². The van der Waals surface area contributed by atoms with Crippen LogP contribution in [-0.4, -0.2) is 34.4 Å². The quantitative estimate of drug-likeness (QED) is 0.819. The summed E-state index contributed by atoms with van der Waals surface area (Å²) >= 11 is 0. The molecule has 1 aromatic heterocycles. The van der Waals surface area contributed by atoms with E-state index in [0.29, 0.717) is 12.8 Å². The molecule has 0 spiro atoms. The summed E-state index contributed by atoms with van der Waals surface area (Å²) < 4.78 is 34.3. The molecule has 92 valence electrons. The van der Waals surface area contributed by atoms with Gasteiger partial charge in [0.2, 0.25) is 0 Å². The Labute approximate surface area is 90.6 Å². The van der Waals surface area contributed by atoms with Crippen LogP contribution >= 0.6 is 0 Å². The summed E-state index contributed by atoms with van der Waals surface area (Å²) in [7, 11) is 0. The lowest BCUT2D eigenvalue weighted by Crippen LogP contribution is -1.97. The Morgan fingerprint density at radius 1 is 1.44 bits per heavy atom. The molecule has 16 heavy (non-hydrogen) atoms. The van der Waals surface area contributed by atoms with E-state index in [1.165, 1.54) is 6.92 Å². The van der Waals surface area contributed by atoms with Crippen LogP contribution in [0.4, 0.5) is 13.3 Å². The van der Waals surface area contributed by atoms with Crippen molar-refractivity contribution in [1.29, 1.82) is 0 Å². The van der Waals surface area contributed by atoms with E-state index in [4.69, 9.17) is 5.11 Å². The number of halogens is 3. The van der Waals surface area contributed by atoms with E-state index in [2.05, 4.69) is 5.10 Å². The summed E-state index contributed by atoms with van der Waals surface area (Å²) in [6, 6.07) is 0. The minimum absolute atomic E-state index is 0.00694. The molecule has 0 unspecified atom stereocenters. The number of aromatic carboxylic acids is 1. The number of alkyl halides is 2. The van der Waals surface area contributed by atoms with Gasteiger partial charge in [-0.2, -0.15) is 0 Å². The molecule has 0 saturated heterocycles. The van der Waals surface area contributed by atoms with Crippen LogP contribution in [0.5, 0.6) is 0 Å². The predicted octanol–water partition coefficient (Wildman–Crippen LogP) is 2.33. The fraction of sp³-hybridized carbons (Fsp3) is 0.556. The summed E-state index contributed by atoms with van der Waals surface area (Å²) in [6.45, 7) is 0.574. The summed E-state index contributed by atoms with van der Waals surface area (Å²) in [5.74, 6) is -1.17. The molecule has 1 rings (SSSR count). The van der Waals surface area contributed by atoms with Crippen molar-refractivity contribution in [2.75, 3.05) is 13.3 Å². The Kier molecular flexibility index (Phi) is 6.98. The highest BCUT2D eigenvalue weighted by Crippen LogP contribution is 2.05. The number of aromatic nitrogens is 2. The highest BCUT2D eigenvalue weighted by molar-refractivity contribution is 5.88. The molecule has 0 amide bonds. The number of hydrogen-bond acceptors (Lipinski definition) is 2. The molecule has 4 nitrogen and oxygen atoms in total. The van der Waals surface area contributed by atoms with E-state index < -0.39 is 5.97 Å². The SMILES string of the molecule is Cc1c(C(=O)O)cnn1F.FCCCCF. The molecule has 0 aliphatic rings. The third-order valence-corrected chi connectivity index (χ3v) is 1.70. The van der Waals surface area contributed by atoms with Crippen molar-refractivity contribution in [2.45, 2.75) is 19.8 Å². The molecule has 0 fully saturated rings. The van der Waals surface area contributed by atoms with Crippen molar-refractivity contribution >= 4 is 5.97 Å². The van der Waals surface area contributed by atoms with Gasteiger partial charge in [0.1, 0.15) is 5.56 Å². The molecule has 0 aliphatic heterocycles. The van der Waals surface area contributed by atoms with Crippen LogP contribution in [0.15, 0.2) is 6.20 Å². The third-order valence-electron chi connectivity index (χ3n) is 1.70. The Hall–Kier alpha value is -1.53. The molecule has 0 radical (unpaired) electrons. The lowest BCUT2D eigenvalue weighted by Gasteiger charge is -1.88. The van der Waals surface area contributed by atoms with E-state index in [1.807, 2.05) is 0 Å². The first kappa shape index (κ1) is 14.5. The molecular weight excluding hydrogens is 225 g/mol. The second-order valence-corrected chi connectivity index (χ2v) is 2.89. The molecule has 0 atom stereocenters. The second kappa shape index (κ2) is 7.72. The number of carbonyl (C=O) groups is 1. The Morgan fingerprint density at radius 2 is 1.94 bits per heavy atom. The van der Waals surface area contributed by atoms with Gasteiger partial charge in [-0.3, -0.25) is 8.78 Å². The van der Waals surface area contributed by atoms with Gasteiger partial charge >= 0.3 is 5.97 Å². The number of rotatable bonds is 4. The van der Waals surface area contributed by atoms with Gasteiger partial charge in [0.05, 0.1) is 25.2 Å². The van der Waals surface area contributed by atoms with Crippen LogP contribution < -0.4 is 0 Å². The van der Waals surface area contributed by atoms with E-state index in [-0.39, 0.29) is 29.5 Å². The van der Waals surface area contributed by atoms with Gasteiger partial charge < -0.3 is 5.11 Å². The molecular formula is C9H13F3N2O2. The molecule has 1 N–H and O–H groups in total. The zero-order chi connectivity index (χ0) is 12.6. The largest absolute Gasteiger partial charge is 0.478 e. The highest BCUT2D eigenvalue weighted by Gasteiger charge is 2.11. The highest BCUT2D eigenvalue weighted by atomic mass is 19.2. The molecule has 0 aliphatic carbocycles. The van der Waals surface area contributed by atoms with Crippen LogP contribution in [0, 0.1) is 6.92 Å². The van der Waals surface area contributed by atoms with Crippen LogP contribution in [0.25, 0.3) is 0 Å². The van der Waals surface area contributed by atoms with Crippen molar-refractivity contribution in [1.82, 2.24) is 10.0 Å². The summed E-state index contributed by atoms with van der Waals surface area (Å²) in [5.41, 5.74) is -0.102. The van der Waals surface area contributed by atoms with Gasteiger partial charge in [-0.15, -0.1) is 5.10 Å². The monoisotopic (exact) mass is 238 g/mol. The number of nitrogens with zero attached hydrogens (tertiary/aromatic N) is 2. The smallest absolute Gasteiger partial charge is 0.339 e. The number of carboxylic acids is 1. The number of hydrogen-bond donors (Lipinski definition) is 1. The Morgan fingerprint density at radius 3 is 2.12 bits per heavy atom. The summed E-state index contributed by atoms with van der Waals surface area (Å²) in [6.07, 6.45) is 1.71. The third kappa shape index (κ3) is 4.81. The molecule has 0 saturated carbocycles. The maximum Gasteiger partial charge on any atom is 0.339 e. The molecule has 1 heterocycles. The first-order chi connectivity index (χ1) is 7.54. The Bertz CT molecular complexity index is 325. The predicted molar refractivity (Wildman–Crippen MR) is 51.6 cm³/mol. The van der Waals surface area contributed by atoms with Gasteiger partial charge in [-0.05, 0) is 19.8 Å². The maximum absolute atomic E-state index is 12.2. The topological polar surface area (TPSA) is 55.1 Å². The van der Waals surface area contributed by atoms with Crippen molar-refractivity contribution in [3.8, 4) is 0 Å². The summed E-state index contributed by atoms with van der Waals surface area (Å²) in [4.78, 5) is 10.2. The fourth-order valence-electron chi connectivity index (χ4n) is 0.787. The van der Waals surface area contributed by atoms with E-state index >= 15 is 0 Å². The van der Waals surface area contributed by atoms with Gasteiger partial charge in [0.25, 0.3) is 0 Å². The van der Waals surface area contributed by atoms with Crippen LogP contribution in [0.1, 0.15) is 28.9 Å². The average molecular weight is 238 g/mol. The molecule has 0 bridgehead atoms. The van der Waals surface area contributed by atoms with Gasteiger partial charge in [-0.1, -0.05) is 9.39 Å². The van der Waals surface area contributed by atoms with Crippen molar-refractivity contribution < 1.29 is 23.2 Å². The molecule has 7 heteroatoms. The van der Waals surface area contributed by atoms with Crippen molar-refractivity contribution in [3.05, 3.63) is 17.5 Å². The molecule has 1 aromatic rings. The van der Waals surface area contributed by atoms with Crippen LogP contribution in [-0.2, 0) is 0 Å². The fourth-order valence-corrected chi connectivity index (χ4v) is 0.787. The number of unbranched alkanes of at least 4 members (excludes halogenated alkanes) is 1. The minimum atomic E-state index is -1.17. The molecule has 0 aromatic carbocycles. The van der Waals surface area contributed by atoms with Crippen molar-refractivity contribution in [3.63, 3.8) is 0 Å². The zero-order valence-corrected chi connectivity index (χ0v) is 8.79. The van der Waals surface area contributed by atoms with Crippen LogP contribution in [0.2, 0.25) is 0 Å². The number of carboxylic acid groups (broad SMARTS) is 1. The first-order valence-corrected chi connectivity index (χ1v) is 4.60. The maximum atomic E-state index is 12.2.